The lowest BCUT2D eigenvalue weighted by Gasteiger charge is -2.06. The second kappa shape index (κ2) is 6.84. The van der Waals surface area contributed by atoms with Crippen LogP contribution in [0, 0.1) is 0 Å². The van der Waals surface area contributed by atoms with Crippen molar-refractivity contribution in [1.82, 2.24) is 5.32 Å². The summed E-state index contributed by atoms with van der Waals surface area (Å²) in [7, 11) is 0. The van der Waals surface area contributed by atoms with Crippen LogP contribution in [0.15, 0.2) is 30.3 Å². The highest BCUT2D eigenvalue weighted by Gasteiger charge is 1.94. The van der Waals surface area contributed by atoms with Gasteiger partial charge in [0.15, 0.2) is 0 Å². The summed E-state index contributed by atoms with van der Waals surface area (Å²) < 4.78 is 0. The van der Waals surface area contributed by atoms with E-state index >= 15 is 0 Å². The number of nitrogens with one attached hydrogen (secondary N) is 2. The zero-order chi connectivity index (χ0) is 10.9. The number of carbonyl (C=O) groups is 1. The maximum atomic E-state index is 10.8. The molecule has 1 rings (SSSR count). The van der Waals surface area contributed by atoms with Gasteiger partial charge in [0, 0.05) is 18.8 Å². The lowest BCUT2D eigenvalue weighted by molar-refractivity contribution is -0.119. The van der Waals surface area contributed by atoms with Crippen molar-refractivity contribution in [3.05, 3.63) is 30.3 Å². The Labute approximate surface area is 89.9 Å². The third-order valence-electron chi connectivity index (χ3n) is 1.96. The van der Waals surface area contributed by atoms with Crippen molar-refractivity contribution < 1.29 is 4.79 Å². The molecule has 0 aromatic heterocycles. The summed E-state index contributed by atoms with van der Waals surface area (Å²) in [5.74, 6) is -0.102. The van der Waals surface area contributed by atoms with E-state index in [0.717, 1.165) is 18.7 Å². The molecule has 0 fully saturated rings. The minimum absolute atomic E-state index is 0.0616. The number of hydrogen-bond donors (Lipinski definition) is 3. The van der Waals surface area contributed by atoms with Gasteiger partial charge in [-0.25, -0.2) is 0 Å². The molecule has 0 saturated carbocycles. The van der Waals surface area contributed by atoms with Crippen molar-refractivity contribution in [2.24, 2.45) is 5.73 Å². The molecule has 0 unspecified atom stereocenters. The van der Waals surface area contributed by atoms with Gasteiger partial charge in [-0.05, 0) is 18.6 Å². The van der Waals surface area contributed by atoms with Crippen LogP contribution in [0.4, 0.5) is 5.69 Å². The average molecular weight is 207 g/mol. The van der Waals surface area contributed by atoms with Crippen LogP contribution in [0.5, 0.6) is 0 Å². The maximum Gasteiger partial charge on any atom is 0.233 e. The normalized spacial score (nSPS) is 9.67. The van der Waals surface area contributed by atoms with E-state index in [0.29, 0.717) is 6.54 Å². The van der Waals surface area contributed by atoms with Gasteiger partial charge in [0.2, 0.25) is 5.91 Å². The van der Waals surface area contributed by atoms with Crippen LogP contribution >= 0.6 is 0 Å². The fourth-order valence-electron chi connectivity index (χ4n) is 1.18. The number of rotatable bonds is 6. The van der Waals surface area contributed by atoms with Crippen molar-refractivity contribution in [2.75, 3.05) is 25.0 Å². The Kier molecular flexibility index (Phi) is 5.25. The zero-order valence-corrected chi connectivity index (χ0v) is 8.70. The van der Waals surface area contributed by atoms with Gasteiger partial charge >= 0.3 is 0 Å². The SMILES string of the molecule is NCC(=O)NCCCNc1ccccc1. The van der Waals surface area contributed by atoms with E-state index < -0.39 is 0 Å². The summed E-state index contributed by atoms with van der Waals surface area (Å²) in [5, 5.41) is 5.97. The molecule has 4 nitrogen and oxygen atoms in total. The highest BCUT2D eigenvalue weighted by molar-refractivity contribution is 5.77. The van der Waals surface area contributed by atoms with Crippen LogP contribution in [0.3, 0.4) is 0 Å². The number of hydrogen-bond acceptors (Lipinski definition) is 3. The van der Waals surface area contributed by atoms with E-state index in [-0.39, 0.29) is 12.5 Å². The van der Waals surface area contributed by atoms with E-state index in [2.05, 4.69) is 10.6 Å². The van der Waals surface area contributed by atoms with Gasteiger partial charge in [-0.1, -0.05) is 18.2 Å². The maximum absolute atomic E-state index is 10.8. The molecule has 1 aromatic carbocycles. The summed E-state index contributed by atoms with van der Waals surface area (Å²) in [4.78, 5) is 10.8. The van der Waals surface area contributed by atoms with Crippen molar-refractivity contribution in [3.8, 4) is 0 Å². The quantitative estimate of drug-likeness (QED) is 0.597. The predicted octanol–water partition coefficient (Wildman–Crippen LogP) is 0.563. The highest BCUT2D eigenvalue weighted by Crippen LogP contribution is 2.03. The van der Waals surface area contributed by atoms with Crippen LogP contribution in [-0.2, 0) is 4.79 Å². The second-order valence-corrected chi connectivity index (χ2v) is 3.20. The number of amides is 1. The Balaban J connectivity index is 2.05. The minimum atomic E-state index is -0.102. The van der Waals surface area contributed by atoms with Gasteiger partial charge in [0.1, 0.15) is 0 Å². The Bertz CT molecular complexity index is 287. The number of para-hydroxylation sites is 1. The third kappa shape index (κ3) is 5.02. The smallest absolute Gasteiger partial charge is 0.233 e. The molecule has 0 aliphatic carbocycles. The Morgan fingerprint density at radius 3 is 2.60 bits per heavy atom. The van der Waals surface area contributed by atoms with Gasteiger partial charge in [-0.15, -0.1) is 0 Å². The van der Waals surface area contributed by atoms with E-state index in [9.17, 15) is 4.79 Å². The fraction of sp³-hybridized carbons (Fsp3) is 0.364. The number of nitrogens with two attached hydrogens (primary N) is 1. The molecule has 0 saturated heterocycles. The van der Waals surface area contributed by atoms with Gasteiger partial charge in [0.05, 0.1) is 6.54 Å². The van der Waals surface area contributed by atoms with E-state index in [1.807, 2.05) is 30.3 Å². The standard InChI is InChI=1S/C11H17N3O/c12-9-11(15)14-8-4-7-13-10-5-2-1-3-6-10/h1-3,5-6,13H,4,7-9,12H2,(H,14,15). The van der Waals surface area contributed by atoms with E-state index in [1.165, 1.54) is 0 Å². The van der Waals surface area contributed by atoms with Gasteiger partial charge in [-0.3, -0.25) is 4.79 Å². The molecule has 15 heavy (non-hydrogen) atoms. The molecular formula is C11H17N3O. The van der Waals surface area contributed by atoms with Crippen molar-refractivity contribution in [2.45, 2.75) is 6.42 Å². The third-order valence-corrected chi connectivity index (χ3v) is 1.96. The highest BCUT2D eigenvalue weighted by atomic mass is 16.1. The Morgan fingerprint density at radius 1 is 1.20 bits per heavy atom. The average Bonchev–Trinajstić information content (AvgIpc) is 2.29. The van der Waals surface area contributed by atoms with Crippen LogP contribution in [0.25, 0.3) is 0 Å². The molecule has 0 bridgehead atoms. The molecule has 0 radical (unpaired) electrons. The summed E-state index contributed by atoms with van der Waals surface area (Å²) in [5.41, 5.74) is 6.25. The molecule has 0 aliphatic heterocycles. The molecule has 1 aromatic rings. The number of carbonyl (C=O) groups excluding carboxylic acids is 1. The largest absolute Gasteiger partial charge is 0.385 e. The molecule has 82 valence electrons. The lowest BCUT2D eigenvalue weighted by Crippen LogP contribution is -2.31. The number of anilines is 1. The fourth-order valence-corrected chi connectivity index (χ4v) is 1.18. The van der Waals surface area contributed by atoms with Crippen molar-refractivity contribution in [3.63, 3.8) is 0 Å². The monoisotopic (exact) mass is 207 g/mol. The Hall–Kier alpha value is -1.55. The summed E-state index contributed by atoms with van der Waals surface area (Å²) in [6, 6.07) is 9.97. The van der Waals surface area contributed by atoms with Crippen LogP contribution in [0.2, 0.25) is 0 Å². The topological polar surface area (TPSA) is 67.2 Å². The second-order valence-electron chi connectivity index (χ2n) is 3.20. The molecule has 0 spiro atoms. The van der Waals surface area contributed by atoms with E-state index in [4.69, 9.17) is 5.73 Å². The van der Waals surface area contributed by atoms with E-state index in [1.54, 1.807) is 0 Å². The lowest BCUT2D eigenvalue weighted by atomic mass is 10.3. The van der Waals surface area contributed by atoms with Gasteiger partial charge in [-0.2, -0.15) is 0 Å². The molecule has 4 N–H and O–H groups in total. The molecule has 0 aliphatic rings. The first-order valence-corrected chi connectivity index (χ1v) is 5.08. The molecule has 0 atom stereocenters. The molecular weight excluding hydrogens is 190 g/mol. The van der Waals surface area contributed by atoms with Gasteiger partial charge in [0.25, 0.3) is 0 Å². The first kappa shape index (κ1) is 11.5. The van der Waals surface area contributed by atoms with Crippen LogP contribution in [0.1, 0.15) is 6.42 Å². The molecule has 0 heterocycles. The predicted molar refractivity (Wildman–Crippen MR) is 61.6 cm³/mol. The minimum Gasteiger partial charge on any atom is -0.385 e. The summed E-state index contributed by atoms with van der Waals surface area (Å²) in [6.45, 7) is 1.57. The first-order chi connectivity index (χ1) is 7.33. The van der Waals surface area contributed by atoms with Crippen LogP contribution in [-0.4, -0.2) is 25.5 Å². The van der Waals surface area contributed by atoms with Crippen molar-refractivity contribution >= 4 is 11.6 Å². The number of benzene rings is 1. The molecule has 4 heteroatoms. The van der Waals surface area contributed by atoms with Crippen molar-refractivity contribution in [1.29, 1.82) is 0 Å². The van der Waals surface area contributed by atoms with Gasteiger partial charge < -0.3 is 16.4 Å². The Morgan fingerprint density at radius 2 is 1.93 bits per heavy atom. The first-order valence-electron chi connectivity index (χ1n) is 5.08. The zero-order valence-electron chi connectivity index (χ0n) is 8.70. The summed E-state index contributed by atoms with van der Waals surface area (Å²) >= 11 is 0. The molecule has 1 amide bonds. The summed E-state index contributed by atoms with van der Waals surface area (Å²) in [6.07, 6.45) is 0.890. The van der Waals surface area contributed by atoms with Crippen LogP contribution < -0.4 is 16.4 Å².